The van der Waals surface area contributed by atoms with Gasteiger partial charge >= 0.3 is 11.9 Å². The van der Waals surface area contributed by atoms with Crippen LogP contribution in [0.1, 0.15) is 20.0 Å². The van der Waals surface area contributed by atoms with Crippen LogP contribution in [0.4, 0.5) is 5.69 Å². The molecule has 138 valence electrons. The number of aromatic hydroxyl groups is 1. The fourth-order valence-electron chi connectivity index (χ4n) is 2.45. The molecular formula is C19H15NO6S. The number of hydrogen-bond acceptors (Lipinski definition) is 7. The number of amides is 1. The van der Waals surface area contributed by atoms with Gasteiger partial charge in [0, 0.05) is 0 Å². The van der Waals surface area contributed by atoms with Crippen molar-refractivity contribution in [2.75, 3.05) is 19.0 Å². The summed E-state index contributed by atoms with van der Waals surface area (Å²) < 4.78 is 9.60. The molecule has 8 heteroatoms. The SMILES string of the molecule is COC(=O)c1sccc1NC(=O)COC(=O)c1cc2ccccc2cc1O. The molecule has 0 unspecified atom stereocenters. The molecule has 0 radical (unpaired) electrons. The summed E-state index contributed by atoms with van der Waals surface area (Å²) in [4.78, 5) is 36.0. The number of carbonyl (C=O) groups is 3. The molecule has 1 heterocycles. The number of nitrogens with one attached hydrogen (secondary N) is 1. The summed E-state index contributed by atoms with van der Waals surface area (Å²) in [6, 6.07) is 11.7. The van der Waals surface area contributed by atoms with Crippen LogP contribution < -0.4 is 5.32 Å². The zero-order valence-corrected chi connectivity index (χ0v) is 15.0. The summed E-state index contributed by atoms with van der Waals surface area (Å²) in [7, 11) is 1.24. The zero-order chi connectivity index (χ0) is 19.4. The molecule has 0 spiro atoms. The van der Waals surface area contributed by atoms with E-state index in [9.17, 15) is 19.5 Å². The Labute approximate surface area is 158 Å². The van der Waals surface area contributed by atoms with Crippen LogP contribution in [-0.4, -0.2) is 36.7 Å². The highest BCUT2D eigenvalue weighted by molar-refractivity contribution is 7.12. The lowest BCUT2D eigenvalue weighted by Crippen LogP contribution is -2.21. The summed E-state index contributed by atoms with van der Waals surface area (Å²) in [6.45, 7) is -0.568. The number of esters is 2. The van der Waals surface area contributed by atoms with Crippen molar-refractivity contribution in [2.24, 2.45) is 0 Å². The summed E-state index contributed by atoms with van der Waals surface area (Å²) >= 11 is 1.12. The second kappa shape index (κ2) is 7.88. The number of methoxy groups -OCH3 is 1. The summed E-state index contributed by atoms with van der Waals surface area (Å²) in [5.41, 5.74) is 0.244. The molecule has 1 aromatic heterocycles. The summed E-state index contributed by atoms with van der Waals surface area (Å²) in [5, 5.41) is 15.7. The van der Waals surface area contributed by atoms with Gasteiger partial charge in [-0.15, -0.1) is 11.3 Å². The molecule has 0 aliphatic rings. The number of thiophene rings is 1. The Hall–Kier alpha value is -3.39. The number of ether oxygens (including phenoxy) is 2. The van der Waals surface area contributed by atoms with Gasteiger partial charge in [0.2, 0.25) is 0 Å². The smallest absolute Gasteiger partial charge is 0.350 e. The Bertz CT molecular complexity index is 1030. The van der Waals surface area contributed by atoms with Crippen molar-refractivity contribution >= 4 is 45.6 Å². The number of rotatable bonds is 5. The van der Waals surface area contributed by atoms with E-state index in [-0.39, 0.29) is 21.9 Å². The number of carbonyl (C=O) groups excluding carboxylic acids is 3. The molecule has 2 N–H and O–H groups in total. The first kappa shape index (κ1) is 18.4. The van der Waals surface area contributed by atoms with Crippen molar-refractivity contribution in [3.05, 3.63) is 58.3 Å². The zero-order valence-electron chi connectivity index (χ0n) is 14.2. The quantitative estimate of drug-likeness (QED) is 0.654. The van der Waals surface area contributed by atoms with Gasteiger partial charge in [-0.25, -0.2) is 9.59 Å². The molecule has 27 heavy (non-hydrogen) atoms. The van der Waals surface area contributed by atoms with Crippen molar-refractivity contribution in [3.63, 3.8) is 0 Å². The van der Waals surface area contributed by atoms with E-state index in [0.717, 1.165) is 22.1 Å². The Balaban J connectivity index is 1.66. The van der Waals surface area contributed by atoms with Gasteiger partial charge in [-0.2, -0.15) is 0 Å². The van der Waals surface area contributed by atoms with E-state index in [4.69, 9.17) is 4.74 Å². The van der Waals surface area contributed by atoms with Gasteiger partial charge in [0.05, 0.1) is 12.8 Å². The number of hydrogen-bond donors (Lipinski definition) is 2. The van der Waals surface area contributed by atoms with E-state index in [1.807, 2.05) is 12.1 Å². The highest BCUT2D eigenvalue weighted by Crippen LogP contribution is 2.26. The topological polar surface area (TPSA) is 102 Å². The van der Waals surface area contributed by atoms with Gasteiger partial charge in [-0.3, -0.25) is 4.79 Å². The molecule has 7 nitrogen and oxygen atoms in total. The van der Waals surface area contributed by atoms with Gasteiger partial charge in [-0.05, 0) is 34.4 Å². The summed E-state index contributed by atoms with van der Waals surface area (Å²) in [6.07, 6.45) is 0. The molecule has 0 bridgehead atoms. The Morgan fingerprint density at radius 3 is 2.48 bits per heavy atom. The number of phenolic OH excluding ortho intramolecular Hbond substituents is 1. The first-order chi connectivity index (χ1) is 13.0. The first-order valence-corrected chi connectivity index (χ1v) is 8.72. The van der Waals surface area contributed by atoms with Crippen LogP contribution in [0.5, 0.6) is 5.75 Å². The van der Waals surface area contributed by atoms with Crippen molar-refractivity contribution in [3.8, 4) is 5.75 Å². The molecule has 1 amide bonds. The van der Waals surface area contributed by atoms with Crippen LogP contribution in [0, 0.1) is 0 Å². The molecule has 2 aromatic carbocycles. The predicted octanol–water partition coefficient (Wildman–Crippen LogP) is 3.19. The second-order valence-corrected chi connectivity index (χ2v) is 6.41. The maximum absolute atomic E-state index is 12.2. The lowest BCUT2D eigenvalue weighted by Gasteiger charge is -2.09. The average molecular weight is 385 g/mol. The van der Waals surface area contributed by atoms with Crippen LogP contribution >= 0.6 is 11.3 Å². The van der Waals surface area contributed by atoms with Gasteiger partial charge in [-0.1, -0.05) is 24.3 Å². The number of phenols is 1. The monoisotopic (exact) mass is 385 g/mol. The molecular weight excluding hydrogens is 370 g/mol. The molecule has 0 aliphatic carbocycles. The van der Waals surface area contributed by atoms with Gasteiger partial charge in [0.1, 0.15) is 16.2 Å². The molecule has 0 saturated heterocycles. The van der Waals surface area contributed by atoms with Crippen molar-refractivity contribution in [2.45, 2.75) is 0 Å². The summed E-state index contributed by atoms with van der Waals surface area (Å²) in [5.74, 6) is -2.25. The third-order valence-corrected chi connectivity index (χ3v) is 4.62. The molecule has 0 fully saturated rings. The average Bonchev–Trinajstić information content (AvgIpc) is 3.13. The van der Waals surface area contributed by atoms with E-state index in [2.05, 4.69) is 10.1 Å². The normalized spacial score (nSPS) is 10.4. The van der Waals surface area contributed by atoms with Gasteiger partial charge < -0.3 is 19.9 Å². The van der Waals surface area contributed by atoms with E-state index >= 15 is 0 Å². The van der Waals surface area contributed by atoms with Crippen molar-refractivity contribution < 1.29 is 29.0 Å². The van der Waals surface area contributed by atoms with E-state index in [0.29, 0.717) is 0 Å². The van der Waals surface area contributed by atoms with Crippen LogP contribution in [0.2, 0.25) is 0 Å². The van der Waals surface area contributed by atoms with Crippen molar-refractivity contribution in [1.29, 1.82) is 0 Å². The lowest BCUT2D eigenvalue weighted by molar-refractivity contribution is -0.119. The van der Waals surface area contributed by atoms with E-state index in [1.165, 1.54) is 19.2 Å². The molecule has 3 aromatic rings. The van der Waals surface area contributed by atoms with E-state index in [1.54, 1.807) is 23.6 Å². The maximum Gasteiger partial charge on any atom is 0.350 e. The van der Waals surface area contributed by atoms with Gasteiger partial charge in [0.15, 0.2) is 6.61 Å². The van der Waals surface area contributed by atoms with Crippen molar-refractivity contribution in [1.82, 2.24) is 0 Å². The molecule has 0 aliphatic heterocycles. The lowest BCUT2D eigenvalue weighted by atomic mass is 10.1. The largest absolute Gasteiger partial charge is 0.507 e. The standard InChI is InChI=1S/C19H15NO6S/c1-25-19(24)17-14(6-7-27-17)20-16(22)10-26-18(23)13-8-11-4-2-3-5-12(11)9-15(13)21/h2-9,21H,10H2,1H3,(H,20,22). The number of fused-ring (bicyclic) bond motifs is 1. The Kier molecular flexibility index (Phi) is 5.37. The minimum Gasteiger partial charge on any atom is -0.507 e. The molecule has 0 atom stereocenters. The Morgan fingerprint density at radius 1 is 1.07 bits per heavy atom. The fraction of sp³-hybridized carbons (Fsp3) is 0.105. The first-order valence-electron chi connectivity index (χ1n) is 7.84. The van der Waals surface area contributed by atoms with Crippen LogP contribution in [-0.2, 0) is 14.3 Å². The third-order valence-electron chi connectivity index (χ3n) is 3.73. The number of benzene rings is 2. The minimum absolute atomic E-state index is 0.0349. The fourth-order valence-corrected chi connectivity index (χ4v) is 3.21. The minimum atomic E-state index is -0.827. The number of anilines is 1. The Morgan fingerprint density at radius 2 is 1.78 bits per heavy atom. The van der Waals surface area contributed by atoms with Crippen LogP contribution in [0.25, 0.3) is 10.8 Å². The van der Waals surface area contributed by atoms with Crippen LogP contribution in [0.3, 0.4) is 0 Å². The highest BCUT2D eigenvalue weighted by Gasteiger charge is 2.18. The maximum atomic E-state index is 12.2. The third kappa shape index (κ3) is 4.06. The van der Waals surface area contributed by atoms with Crippen LogP contribution in [0.15, 0.2) is 47.8 Å². The second-order valence-electron chi connectivity index (χ2n) is 5.50. The van der Waals surface area contributed by atoms with Gasteiger partial charge in [0.25, 0.3) is 5.91 Å². The predicted molar refractivity (Wildman–Crippen MR) is 100 cm³/mol. The molecule has 0 saturated carbocycles. The molecule has 3 rings (SSSR count). The van der Waals surface area contributed by atoms with E-state index < -0.39 is 24.5 Å². The highest BCUT2D eigenvalue weighted by atomic mass is 32.1.